The second kappa shape index (κ2) is 6.83. The third kappa shape index (κ3) is 3.72. The zero-order valence-corrected chi connectivity index (χ0v) is 15.0. The molecular formula is C17H18N6O2S. The fraction of sp³-hybridized carbons (Fsp3) is 0.353. The van der Waals surface area contributed by atoms with Gasteiger partial charge in [-0.15, -0.1) is 10.2 Å². The smallest absolute Gasteiger partial charge is 0.234 e. The van der Waals surface area contributed by atoms with E-state index in [-0.39, 0.29) is 11.8 Å². The van der Waals surface area contributed by atoms with Crippen molar-refractivity contribution in [1.29, 1.82) is 0 Å². The van der Waals surface area contributed by atoms with Crippen LogP contribution in [0.3, 0.4) is 0 Å². The molecule has 0 bridgehead atoms. The second-order valence-corrected chi connectivity index (χ2v) is 7.37. The van der Waals surface area contributed by atoms with Crippen molar-refractivity contribution in [3.05, 3.63) is 35.1 Å². The summed E-state index contributed by atoms with van der Waals surface area (Å²) in [7, 11) is 0. The Hall–Kier alpha value is -2.81. The maximum absolute atomic E-state index is 12.2. The molecule has 134 valence electrons. The molecule has 0 unspecified atom stereocenters. The van der Waals surface area contributed by atoms with Crippen LogP contribution in [-0.4, -0.2) is 31.6 Å². The van der Waals surface area contributed by atoms with Gasteiger partial charge < -0.3 is 10.6 Å². The summed E-state index contributed by atoms with van der Waals surface area (Å²) in [5.41, 5.74) is 1.30. The number of benzene rings is 1. The number of aromatic nitrogens is 4. The molecule has 1 aromatic carbocycles. The number of nitrogens with zero attached hydrogens (tertiary/aromatic N) is 4. The molecule has 4 rings (SSSR count). The molecule has 3 aromatic rings. The first kappa shape index (κ1) is 16.6. The molecule has 2 N–H and O–H groups in total. The number of fused-ring (bicyclic) bond motifs is 1. The van der Waals surface area contributed by atoms with Crippen LogP contribution in [0, 0.1) is 0 Å². The third-order valence-corrected chi connectivity index (χ3v) is 4.99. The number of carbonyl (C=O) groups is 2. The van der Waals surface area contributed by atoms with E-state index < -0.39 is 0 Å². The standard InChI is InChI=1S/C17H18N6O2S/c1-10(24)18-12-3-2-4-13(9-12)19-14(25)7-8-15-22-23-16(11-5-6-11)20-21-17(23)26-15/h2-4,9,11H,5-8H2,1H3,(H,18,24)(H,19,25). The van der Waals surface area contributed by atoms with E-state index in [1.807, 2.05) is 4.52 Å². The molecule has 9 heteroatoms. The molecule has 0 radical (unpaired) electrons. The zero-order valence-electron chi connectivity index (χ0n) is 14.2. The fourth-order valence-electron chi connectivity index (χ4n) is 2.69. The van der Waals surface area contributed by atoms with E-state index in [0.717, 1.165) is 28.6 Å². The van der Waals surface area contributed by atoms with Gasteiger partial charge in [0.25, 0.3) is 0 Å². The van der Waals surface area contributed by atoms with E-state index in [0.29, 0.717) is 30.1 Å². The van der Waals surface area contributed by atoms with Crippen LogP contribution in [0.15, 0.2) is 24.3 Å². The lowest BCUT2D eigenvalue weighted by Gasteiger charge is -2.07. The quantitative estimate of drug-likeness (QED) is 0.694. The molecule has 0 aliphatic heterocycles. The predicted molar refractivity (Wildman–Crippen MR) is 98.3 cm³/mol. The minimum atomic E-state index is -0.151. The zero-order chi connectivity index (χ0) is 18.1. The average Bonchev–Trinajstić information content (AvgIpc) is 3.22. The van der Waals surface area contributed by atoms with Crippen LogP contribution in [-0.2, 0) is 16.0 Å². The van der Waals surface area contributed by atoms with Crippen LogP contribution >= 0.6 is 11.3 Å². The van der Waals surface area contributed by atoms with E-state index in [4.69, 9.17) is 0 Å². The fourth-order valence-corrected chi connectivity index (χ4v) is 3.53. The Morgan fingerprint density at radius 2 is 2.00 bits per heavy atom. The van der Waals surface area contributed by atoms with Crippen molar-refractivity contribution in [3.8, 4) is 0 Å². The summed E-state index contributed by atoms with van der Waals surface area (Å²) in [6, 6.07) is 7.07. The summed E-state index contributed by atoms with van der Waals surface area (Å²) < 4.78 is 1.81. The first-order valence-corrected chi connectivity index (χ1v) is 9.28. The molecule has 1 fully saturated rings. The lowest BCUT2D eigenvalue weighted by molar-refractivity contribution is -0.116. The van der Waals surface area contributed by atoms with Gasteiger partial charge in [0.1, 0.15) is 5.01 Å². The maximum Gasteiger partial charge on any atom is 0.234 e. The molecule has 2 heterocycles. The second-order valence-electron chi connectivity index (χ2n) is 6.33. The van der Waals surface area contributed by atoms with E-state index >= 15 is 0 Å². The SMILES string of the molecule is CC(=O)Nc1cccc(NC(=O)CCc2nn3c(C4CC4)nnc3s2)c1. The molecule has 0 saturated heterocycles. The molecule has 26 heavy (non-hydrogen) atoms. The molecule has 0 atom stereocenters. The number of amides is 2. The lowest BCUT2D eigenvalue weighted by atomic mass is 10.2. The van der Waals surface area contributed by atoms with Crippen molar-refractivity contribution in [1.82, 2.24) is 19.8 Å². The highest BCUT2D eigenvalue weighted by molar-refractivity contribution is 7.16. The Bertz CT molecular complexity index is 975. The summed E-state index contributed by atoms with van der Waals surface area (Å²) >= 11 is 1.47. The maximum atomic E-state index is 12.2. The summed E-state index contributed by atoms with van der Waals surface area (Å²) in [4.78, 5) is 24.1. The van der Waals surface area contributed by atoms with Crippen LogP contribution in [0.25, 0.3) is 4.96 Å². The van der Waals surface area contributed by atoms with Crippen LogP contribution in [0.2, 0.25) is 0 Å². The highest BCUT2D eigenvalue weighted by Crippen LogP contribution is 2.39. The summed E-state index contributed by atoms with van der Waals surface area (Å²) in [6.45, 7) is 1.44. The van der Waals surface area contributed by atoms with Crippen LogP contribution in [0.1, 0.15) is 42.9 Å². The van der Waals surface area contributed by atoms with Crippen molar-refractivity contribution in [2.24, 2.45) is 0 Å². The summed E-state index contributed by atoms with van der Waals surface area (Å²) in [5, 5.41) is 19.3. The van der Waals surface area contributed by atoms with Crippen molar-refractivity contribution in [2.45, 2.75) is 38.5 Å². The minimum absolute atomic E-state index is 0.0987. The van der Waals surface area contributed by atoms with E-state index in [9.17, 15) is 9.59 Å². The normalized spacial score (nSPS) is 13.7. The van der Waals surface area contributed by atoms with Crippen LogP contribution in [0.5, 0.6) is 0 Å². The van der Waals surface area contributed by atoms with Gasteiger partial charge in [0.15, 0.2) is 5.82 Å². The molecule has 1 aliphatic carbocycles. The topological polar surface area (TPSA) is 101 Å². The van der Waals surface area contributed by atoms with E-state index in [1.165, 1.54) is 18.3 Å². The Labute approximate surface area is 153 Å². The van der Waals surface area contributed by atoms with Crippen molar-refractivity contribution < 1.29 is 9.59 Å². The van der Waals surface area contributed by atoms with E-state index in [1.54, 1.807) is 24.3 Å². The number of carbonyl (C=O) groups excluding carboxylic acids is 2. The highest BCUT2D eigenvalue weighted by atomic mass is 32.1. The first-order valence-electron chi connectivity index (χ1n) is 8.47. The molecule has 1 saturated carbocycles. The van der Waals surface area contributed by atoms with E-state index in [2.05, 4.69) is 25.9 Å². The van der Waals surface area contributed by atoms with Crippen molar-refractivity contribution in [3.63, 3.8) is 0 Å². The number of anilines is 2. The van der Waals surface area contributed by atoms with Gasteiger partial charge >= 0.3 is 0 Å². The number of aryl methyl sites for hydroxylation is 1. The third-order valence-electron chi connectivity index (χ3n) is 4.03. The number of nitrogens with one attached hydrogen (secondary N) is 2. The molecule has 1 aliphatic rings. The Morgan fingerprint density at radius 3 is 2.73 bits per heavy atom. The molecule has 2 amide bonds. The van der Waals surface area contributed by atoms with Gasteiger partial charge in [0.05, 0.1) is 0 Å². The molecule has 8 nitrogen and oxygen atoms in total. The average molecular weight is 370 g/mol. The van der Waals surface area contributed by atoms with Crippen molar-refractivity contribution in [2.75, 3.05) is 10.6 Å². The van der Waals surface area contributed by atoms with Gasteiger partial charge in [0, 0.05) is 37.1 Å². The van der Waals surface area contributed by atoms with Crippen LogP contribution < -0.4 is 10.6 Å². The van der Waals surface area contributed by atoms with Crippen molar-refractivity contribution >= 4 is 39.5 Å². The molecule has 0 spiro atoms. The Balaban J connectivity index is 1.36. The van der Waals surface area contributed by atoms with Gasteiger partial charge in [-0.1, -0.05) is 17.4 Å². The number of hydrogen-bond acceptors (Lipinski definition) is 6. The van der Waals surface area contributed by atoms with Crippen LogP contribution in [0.4, 0.5) is 11.4 Å². The molecular weight excluding hydrogens is 352 g/mol. The monoisotopic (exact) mass is 370 g/mol. The summed E-state index contributed by atoms with van der Waals surface area (Å²) in [5.74, 6) is 1.17. The number of hydrogen-bond donors (Lipinski definition) is 2. The highest BCUT2D eigenvalue weighted by Gasteiger charge is 2.30. The largest absolute Gasteiger partial charge is 0.326 e. The minimum Gasteiger partial charge on any atom is -0.326 e. The lowest BCUT2D eigenvalue weighted by Crippen LogP contribution is -2.13. The van der Waals surface area contributed by atoms with Gasteiger partial charge in [0.2, 0.25) is 16.8 Å². The van der Waals surface area contributed by atoms with Gasteiger partial charge in [-0.05, 0) is 31.0 Å². The predicted octanol–water partition coefficient (Wildman–Crippen LogP) is 2.59. The first-order chi connectivity index (χ1) is 12.6. The Kier molecular flexibility index (Phi) is 4.37. The Morgan fingerprint density at radius 1 is 1.23 bits per heavy atom. The number of rotatable bonds is 6. The van der Waals surface area contributed by atoms with Gasteiger partial charge in [-0.3, -0.25) is 9.59 Å². The van der Waals surface area contributed by atoms with Gasteiger partial charge in [-0.25, -0.2) is 0 Å². The summed E-state index contributed by atoms with van der Waals surface area (Å²) in [6.07, 6.45) is 3.17. The van der Waals surface area contributed by atoms with Gasteiger partial charge in [-0.2, -0.15) is 9.61 Å². The molecule has 2 aromatic heterocycles.